The topological polar surface area (TPSA) is 197 Å². The number of carbonyl (C=O) groups excluding carboxylic acids is 6. The van der Waals surface area contributed by atoms with Gasteiger partial charge in [-0.05, 0) is 0 Å². The van der Waals surface area contributed by atoms with Crippen molar-refractivity contribution in [1.82, 2.24) is 20.9 Å². The van der Waals surface area contributed by atoms with Crippen molar-refractivity contribution in [2.75, 3.05) is 78.9 Å². The second-order valence-electron chi connectivity index (χ2n) is 7.14. The van der Waals surface area contributed by atoms with Crippen LogP contribution in [0, 0.1) is 0 Å². The number of nitrogens with zero attached hydrogens (tertiary/aromatic N) is 1. The summed E-state index contributed by atoms with van der Waals surface area (Å²) >= 11 is 0. The SMILES string of the molecule is C=CC(=O)OCCNC(=O)OCCN(CCOC(=O)NCCOC(=O)C=C)CCOC(=O)NCCOC(=O)C=C. The van der Waals surface area contributed by atoms with E-state index in [9.17, 15) is 28.8 Å². The summed E-state index contributed by atoms with van der Waals surface area (Å²) in [7, 11) is 0. The molecule has 0 spiro atoms. The fraction of sp³-hybridized carbons (Fsp3) is 0.500. The highest BCUT2D eigenvalue weighted by Crippen LogP contribution is 1.93. The number of hydrogen-bond acceptors (Lipinski definition) is 13. The molecule has 40 heavy (non-hydrogen) atoms. The van der Waals surface area contributed by atoms with Gasteiger partial charge in [-0.1, -0.05) is 19.7 Å². The van der Waals surface area contributed by atoms with Crippen molar-refractivity contribution < 1.29 is 57.2 Å². The van der Waals surface area contributed by atoms with E-state index in [1.54, 1.807) is 4.90 Å². The summed E-state index contributed by atoms with van der Waals surface area (Å²) < 4.78 is 29.4. The maximum Gasteiger partial charge on any atom is 0.407 e. The zero-order valence-electron chi connectivity index (χ0n) is 22.2. The van der Waals surface area contributed by atoms with Gasteiger partial charge in [0, 0.05) is 37.9 Å². The molecule has 0 unspecified atom stereocenters. The number of hydrogen-bond donors (Lipinski definition) is 3. The van der Waals surface area contributed by atoms with Gasteiger partial charge < -0.3 is 44.4 Å². The van der Waals surface area contributed by atoms with Crippen LogP contribution in [0.3, 0.4) is 0 Å². The molecule has 224 valence electrons. The molecular formula is C24H36N4O12. The van der Waals surface area contributed by atoms with E-state index < -0.39 is 36.2 Å². The number of rotatable bonds is 21. The van der Waals surface area contributed by atoms with Crippen LogP contribution < -0.4 is 16.0 Å². The van der Waals surface area contributed by atoms with Crippen LogP contribution in [-0.2, 0) is 42.8 Å². The quantitative estimate of drug-likeness (QED) is 0.0699. The van der Waals surface area contributed by atoms with Crippen LogP contribution in [-0.4, -0.2) is 120 Å². The molecule has 0 saturated carbocycles. The monoisotopic (exact) mass is 572 g/mol. The van der Waals surface area contributed by atoms with E-state index >= 15 is 0 Å². The summed E-state index contributed by atoms with van der Waals surface area (Å²) in [5.74, 6) is -1.86. The maximum atomic E-state index is 11.8. The minimum atomic E-state index is -0.741. The van der Waals surface area contributed by atoms with Crippen LogP contribution in [0.15, 0.2) is 38.0 Å². The van der Waals surface area contributed by atoms with Crippen molar-refractivity contribution in [2.24, 2.45) is 0 Å². The summed E-state index contributed by atoms with van der Waals surface area (Å²) in [5, 5.41) is 7.21. The summed E-state index contributed by atoms with van der Waals surface area (Å²) in [6.07, 6.45) is 0.765. The zero-order chi connectivity index (χ0) is 30.0. The molecule has 0 atom stereocenters. The molecule has 0 aliphatic carbocycles. The Hall–Kier alpha value is -4.60. The van der Waals surface area contributed by atoms with Gasteiger partial charge in [0.15, 0.2) is 0 Å². The van der Waals surface area contributed by atoms with E-state index in [0.29, 0.717) is 0 Å². The maximum absolute atomic E-state index is 11.8. The van der Waals surface area contributed by atoms with Crippen molar-refractivity contribution in [2.45, 2.75) is 0 Å². The lowest BCUT2D eigenvalue weighted by Gasteiger charge is -2.22. The van der Waals surface area contributed by atoms with Gasteiger partial charge in [-0.25, -0.2) is 28.8 Å². The zero-order valence-corrected chi connectivity index (χ0v) is 22.2. The Labute approximate surface area is 231 Å². The summed E-state index contributed by atoms with van der Waals surface area (Å²) in [6, 6.07) is 0. The van der Waals surface area contributed by atoms with Gasteiger partial charge in [-0.15, -0.1) is 0 Å². The fourth-order valence-corrected chi connectivity index (χ4v) is 2.38. The van der Waals surface area contributed by atoms with Crippen LogP contribution in [0.5, 0.6) is 0 Å². The molecule has 0 bridgehead atoms. The van der Waals surface area contributed by atoms with Crippen LogP contribution in [0.25, 0.3) is 0 Å². The first kappa shape index (κ1) is 35.4. The van der Waals surface area contributed by atoms with Gasteiger partial charge in [0.05, 0.1) is 19.6 Å². The standard InChI is InChI=1S/C24H36N4O12/c1-4-19(29)35-13-7-25-22(32)38-16-10-28(11-17-39-23(33)26-8-14-36-20(30)5-2)12-18-40-24(34)27-9-15-37-21(31)6-3/h4-6H,1-3,7-18H2,(H,25,32)(H,26,33)(H,27,34). The van der Waals surface area contributed by atoms with Crippen LogP contribution in [0.1, 0.15) is 0 Å². The van der Waals surface area contributed by atoms with Gasteiger partial charge in [0.1, 0.15) is 39.6 Å². The van der Waals surface area contributed by atoms with Crippen LogP contribution >= 0.6 is 0 Å². The number of alkyl carbamates (subject to hydrolysis) is 3. The Morgan fingerprint density at radius 3 is 1.00 bits per heavy atom. The van der Waals surface area contributed by atoms with Crippen LogP contribution in [0.2, 0.25) is 0 Å². The van der Waals surface area contributed by atoms with Gasteiger partial charge in [0.25, 0.3) is 0 Å². The van der Waals surface area contributed by atoms with Crippen molar-refractivity contribution in [3.05, 3.63) is 38.0 Å². The predicted octanol–water partition coefficient (Wildman–Crippen LogP) is -0.345. The highest BCUT2D eigenvalue weighted by atomic mass is 16.6. The Kier molecular flexibility index (Phi) is 20.8. The minimum Gasteiger partial charge on any atom is -0.461 e. The highest BCUT2D eigenvalue weighted by Gasteiger charge is 2.11. The molecule has 3 N–H and O–H groups in total. The second kappa shape index (κ2) is 23.5. The van der Waals surface area contributed by atoms with E-state index in [-0.39, 0.29) is 78.9 Å². The first-order chi connectivity index (χ1) is 19.2. The molecule has 16 nitrogen and oxygen atoms in total. The summed E-state index contributed by atoms with van der Waals surface area (Å²) in [5.41, 5.74) is 0. The number of nitrogens with one attached hydrogen (secondary N) is 3. The van der Waals surface area contributed by atoms with Crippen molar-refractivity contribution >= 4 is 36.2 Å². The van der Waals surface area contributed by atoms with Gasteiger partial charge in [0.2, 0.25) is 0 Å². The average molecular weight is 573 g/mol. The van der Waals surface area contributed by atoms with Crippen LogP contribution in [0.4, 0.5) is 14.4 Å². The normalized spacial score (nSPS) is 9.82. The van der Waals surface area contributed by atoms with Crippen molar-refractivity contribution in [1.29, 1.82) is 0 Å². The summed E-state index contributed by atoms with van der Waals surface area (Å²) in [6.45, 7) is 10.1. The predicted molar refractivity (Wildman–Crippen MR) is 138 cm³/mol. The largest absolute Gasteiger partial charge is 0.461 e. The smallest absolute Gasteiger partial charge is 0.407 e. The number of amides is 3. The summed E-state index contributed by atoms with van der Waals surface area (Å²) in [4.78, 5) is 69.9. The Morgan fingerprint density at radius 1 is 0.475 bits per heavy atom. The molecule has 0 heterocycles. The lowest BCUT2D eigenvalue weighted by atomic mass is 10.4. The lowest BCUT2D eigenvalue weighted by molar-refractivity contribution is -0.138. The molecule has 16 heteroatoms. The molecule has 0 saturated heterocycles. The Balaban J connectivity index is 4.45. The highest BCUT2D eigenvalue weighted by molar-refractivity contribution is 5.81. The lowest BCUT2D eigenvalue weighted by Crippen LogP contribution is -2.38. The number of carbonyl (C=O) groups is 6. The minimum absolute atomic E-state index is 0.0353. The molecule has 0 radical (unpaired) electrons. The molecule has 0 aliphatic rings. The van der Waals surface area contributed by atoms with Gasteiger partial charge >= 0.3 is 36.2 Å². The molecule has 0 aromatic heterocycles. The second-order valence-corrected chi connectivity index (χ2v) is 7.14. The van der Waals surface area contributed by atoms with Gasteiger partial charge in [-0.2, -0.15) is 0 Å². The van der Waals surface area contributed by atoms with E-state index in [1.165, 1.54) is 0 Å². The molecule has 0 fully saturated rings. The number of ether oxygens (including phenoxy) is 6. The Bertz CT molecular complexity index is 755. The third-order valence-corrected chi connectivity index (χ3v) is 4.27. The molecule has 0 rings (SSSR count). The fourth-order valence-electron chi connectivity index (χ4n) is 2.38. The third kappa shape index (κ3) is 21.5. The average Bonchev–Trinajstić information content (AvgIpc) is 2.94. The Morgan fingerprint density at radius 2 is 0.750 bits per heavy atom. The van der Waals surface area contributed by atoms with E-state index in [2.05, 4.69) is 35.7 Å². The third-order valence-electron chi connectivity index (χ3n) is 4.27. The molecule has 3 amide bonds. The van der Waals surface area contributed by atoms with E-state index in [4.69, 9.17) is 28.4 Å². The van der Waals surface area contributed by atoms with E-state index in [0.717, 1.165) is 18.2 Å². The molecule has 0 aromatic rings. The first-order valence-electron chi connectivity index (χ1n) is 12.0. The van der Waals surface area contributed by atoms with Gasteiger partial charge in [-0.3, -0.25) is 4.90 Å². The van der Waals surface area contributed by atoms with Crippen molar-refractivity contribution in [3.63, 3.8) is 0 Å². The first-order valence-corrected chi connectivity index (χ1v) is 12.0. The number of esters is 3. The molecular weight excluding hydrogens is 536 g/mol. The van der Waals surface area contributed by atoms with E-state index in [1.807, 2.05) is 0 Å². The molecule has 0 aliphatic heterocycles. The van der Waals surface area contributed by atoms with Crippen molar-refractivity contribution in [3.8, 4) is 0 Å². The molecule has 0 aromatic carbocycles.